The molecule has 0 aliphatic carbocycles. The molecule has 5 nitrogen and oxygen atoms in total. The number of carbonyl (C=O) groups is 1. The van der Waals surface area contributed by atoms with Gasteiger partial charge in [0.2, 0.25) is 0 Å². The normalized spacial score (nSPS) is 11.1. The summed E-state index contributed by atoms with van der Waals surface area (Å²) in [7, 11) is 0. The maximum atomic E-state index is 12.5. The van der Waals surface area contributed by atoms with E-state index in [9.17, 15) is 4.79 Å². The fourth-order valence-electron chi connectivity index (χ4n) is 3.08. The summed E-state index contributed by atoms with van der Waals surface area (Å²) in [5.74, 6) is -0.321. The molecule has 4 aromatic rings. The van der Waals surface area contributed by atoms with Crippen LogP contribution < -0.4 is 5.43 Å². The van der Waals surface area contributed by atoms with Gasteiger partial charge in [0, 0.05) is 16.7 Å². The van der Waals surface area contributed by atoms with Gasteiger partial charge in [-0.1, -0.05) is 72.8 Å². The zero-order valence-corrected chi connectivity index (χ0v) is 14.8. The molecule has 132 valence electrons. The number of hydrogen-bond acceptors (Lipinski definition) is 3. The van der Waals surface area contributed by atoms with E-state index in [0.29, 0.717) is 5.69 Å². The van der Waals surface area contributed by atoms with Crippen LogP contribution in [0.5, 0.6) is 0 Å². The summed E-state index contributed by atoms with van der Waals surface area (Å²) in [5.41, 5.74) is 6.44. The number of amides is 1. The Kier molecular flexibility index (Phi) is 4.49. The Bertz CT molecular complexity index is 1120. The number of benzene rings is 3. The van der Waals surface area contributed by atoms with Crippen molar-refractivity contribution in [2.24, 2.45) is 5.10 Å². The molecule has 5 heteroatoms. The highest BCUT2D eigenvalue weighted by Crippen LogP contribution is 2.22. The third-order valence-electron chi connectivity index (χ3n) is 4.48. The van der Waals surface area contributed by atoms with E-state index in [0.717, 1.165) is 33.2 Å². The standard InChI is InChI=1S/C22H18N4O/c1-15-20(17-9-3-2-4-10-17)24-25-21(15)22(27)26-23-14-18-12-7-11-16-8-5-6-13-19(16)18/h2-14H,1H3,(H,24,25)(H,26,27). The molecule has 27 heavy (non-hydrogen) atoms. The second-order valence-electron chi connectivity index (χ2n) is 6.21. The van der Waals surface area contributed by atoms with Gasteiger partial charge in [-0.25, -0.2) is 5.43 Å². The predicted octanol–water partition coefficient (Wildman–Crippen LogP) is 4.30. The number of carbonyl (C=O) groups excluding carboxylic acids is 1. The predicted molar refractivity (Wildman–Crippen MR) is 108 cm³/mol. The summed E-state index contributed by atoms with van der Waals surface area (Å²) in [4.78, 5) is 12.5. The quantitative estimate of drug-likeness (QED) is 0.424. The lowest BCUT2D eigenvalue weighted by Crippen LogP contribution is -2.19. The number of aromatic amines is 1. The number of hydrazone groups is 1. The van der Waals surface area contributed by atoms with E-state index in [1.807, 2.05) is 79.7 Å². The molecule has 1 heterocycles. The molecule has 0 unspecified atom stereocenters. The van der Waals surface area contributed by atoms with Crippen LogP contribution in [0.2, 0.25) is 0 Å². The summed E-state index contributed by atoms with van der Waals surface area (Å²) in [6.07, 6.45) is 1.66. The van der Waals surface area contributed by atoms with E-state index in [4.69, 9.17) is 0 Å². The Hall–Kier alpha value is -3.73. The summed E-state index contributed by atoms with van der Waals surface area (Å²) in [6.45, 7) is 1.87. The molecule has 4 rings (SSSR count). The lowest BCUT2D eigenvalue weighted by molar-refractivity contribution is 0.0949. The summed E-state index contributed by atoms with van der Waals surface area (Å²) in [6, 6.07) is 23.8. The van der Waals surface area contributed by atoms with Gasteiger partial charge in [0.05, 0.1) is 11.9 Å². The molecule has 0 radical (unpaired) electrons. The molecule has 0 fully saturated rings. The molecular weight excluding hydrogens is 336 g/mol. The zero-order chi connectivity index (χ0) is 18.6. The summed E-state index contributed by atoms with van der Waals surface area (Å²) >= 11 is 0. The highest BCUT2D eigenvalue weighted by atomic mass is 16.2. The third-order valence-corrected chi connectivity index (χ3v) is 4.48. The summed E-state index contributed by atoms with van der Waals surface area (Å²) in [5, 5.41) is 13.4. The van der Waals surface area contributed by atoms with Crippen LogP contribution in [-0.2, 0) is 0 Å². The van der Waals surface area contributed by atoms with Crippen molar-refractivity contribution in [2.45, 2.75) is 6.92 Å². The second kappa shape index (κ2) is 7.25. The minimum Gasteiger partial charge on any atom is -0.272 e. The van der Waals surface area contributed by atoms with E-state index >= 15 is 0 Å². The molecule has 3 aromatic carbocycles. The molecule has 0 bridgehead atoms. The fourth-order valence-corrected chi connectivity index (χ4v) is 3.08. The zero-order valence-electron chi connectivity index (χ0n) is 14.8. The largest absolute Gasteiger partial charge is 0.289 e. The minimum atomic E-state index is -0.321. The maximum Gasteiger partial charge on any atom is 0.289 e. The third kappa shape index (κ3) is 3.35. The van der Waals surface area contributed by atoms with Gasteiger partial charge in [0.15, 0.2) is 0 Å². The number of aromatic nitrogens is 2. The number of fused-ring (bicyclic) bond motifs is 1. The van der Waals surface area contributed by atoms with Gasteiger partial charge in [-0.15, -0.1) is 0 Å². The molecule has 0 aliphatic rings. The molecule has 2 N–H and O–H groups in total. The van der Waals surface area contributed by atoms with Gasteiger partial charge in [-0.05, 0) is 17.7 Å². The second-order valence-corrected chi connectivity index (χ2v) is 6.21. The first kappa shape index (κ1) is 16.7. The van der Waals surface area contributed by atoms with Gasteiger partial charge < -0.3 is 0 Å². The van der Waals surface area contributed by atoms with Crippen molar-refractivity contribution in [1.29, 1.82) is 0 Å². The summed E-state index contributed by atoms with van der Waals surface area (Å²) < 4.78 is 0. The molecule has 1 amide bonds. The Labute approximate surface area is 156 Å². The lowest BCUT2D eigenvalue weighted by atomic mass is 10.1. The number of hydrogen-bond donors (Lipinski definition) is 2. The van der Waals surface area contributed by atoms with E-state index in [1.54, 1.807) is 6.21 Å². The smallest absolute Gasteiger partial charge is 0.272 e. The lowest BCUT2D eigenvalue weighted by Gasteiger charge is -2.02. The van der Waals surface area contributed by atoms with Crippen LogP contribution in [-0.4, -0.2) is 22.3 Å². The van der Waals surface area contributed by atoms with Crippen molar-refractivity contribution in [2.75, 3.05) is 0 Å². The fraction of sp³-hybridized carbons (Fsp3) is 0.0455. The number of H-pyrrole nitrogens is 1. The van der Waals surface area contributed by atoms with Crippen LogP contribution >= 0.6 is 0 Å². The van der Waals surface area contributed by atoms with Crippen molar-refractivity contribution in [1.82, 2.24) is 15.6 Å². The molecule has 1 aromatic heterocycles. The average Bonchev–Trinajstić information content (AvgIpc) is 3.10. The van der Waals surface area contributed by atoms with Crippen LogP contribution in [0, 0.1) is 6.92 Å². The highest BCUT2D eigenvalue weighted by molar-refractivity contribution is 6.01. The van der Waals surface area contributed by atoms with Crippen molar-refractivity contribution >= 4 is 22.9 Å². The maximum absolute atomic E-state index is 12.5. The monoisotopic (exact) mass is 354 g/mol. The Morgan fingerprint density at radius 1 is 1.00 bits per heavy atom. The first-order valence-electron chi connectivity index (χ1n) is 8.65. The Morgan fingerprint density at radius 2 is 1.74 bits per heavy atom. The van der Waals surface area contributed by atoms with Gasteiger partial charge in [-0.3, -0.25) is 9.89 Å². The van der Waals surface area contributed by atoms with Crippen molar-refractivity contribution < 1.29 is 4.79 Å². The van der Waals surface area contributed by atoms with Crippen LogP contribution in [0.25, 0.3) is 22.0 Å². The molecule has 0 spiro atoms. The highest BCUT2D eigenvalue weighted by Gasteiger charge is 2.16. The van der Waals surface area contributed by atoms with E-state index in [2.05, 4.69) is 20.7 Å². The average molecular weight is 354 g/mol. The molecule has 0 saturated heterocycles. The van der Waals surface area contributed by atoms with Gasteiger partial charge in [0.1, 0.15) is 5.69 Å². The van der Waals surface area contributed by atoms with Crippen LogP contribution in [0.1, 0.15) is 21.6 Å². The van der Waals surface area contributed by atoms with Gasteiger partial charge in [-0.2, -0.15) is 10.2 Å². The SMILES string of the molecule is Cc1c(-c2ccccc2)n[nH]c1C(=O)NN=Cc1cccc2ccccc12. The van der Waals surface area contributed by atoms with Crippen LogP contribution in [0.15, 0.2) is 77.9 Å². The van der Waals surface area contributed by atoms with Crippen molar-refractivity contribution in [3.8, 4) is 11.3 Å². The van der Waals surface area contributed by atoms with E-state index < -0.39 is 0 Å². The van der Waals surface area contributed by atoms with Crippen LogP contribution in [0.4, 0.5) is 0 Å². The van der Waals surface area contributed by atoms with Crippen LogP contribution in [0.3, 0.4) is 0 Å². The molecular formula is C22H18N4O. The number of rotatable bonds is 4. The van der Waals surface area contributed by atoms with E-state index in [1.165, 1.54) is 0 Å². The molecule has 0 aliphatic heterocycles. The number of nitrogens with one attached hydrogen (secondary N) is 2. The minimum absolute atomic E-state index is 0.321. The Balaban J connectivity index is 1.53. The Morgan fingerprint density at radius 3 is 2.59 bits per heavy atom. The van der Waals surface area contributed by atoms with Crippen molar-refractivity contribution in [3.05, 3.63) is 89.6 Å². The van der Waals surface area contributed by atoms with E-state index in [-0.39, 0.29) is 5.91 Å². The topological polar surface area (TPSA) is 70.1 Å². The van der Waals surface area contributed by atoms with Crippen molar-refractivity contribution in [3.63, 3.8) is 0 Å². The van der Waals surface area contributed by atoms with Gasteiger partial charge in [0.25, 0.3) is 5.91 Å². The molecule has 0 saturated carbocycles. The number of nitrogens with zero attached hydrogens (tertiary/aromatic N) is 2. The first-order chi connectivity index (χ1) is 13.2. The molecule has 0 atom stereocenters. The van der Waals surface area contributed by atoms with Gasteiger partial charge >= 0.3 is 0 Å². The first-order valence-corrected chi connectivity index (χ1v) is 8.65.